The van der Waals surface area contributed by atoms with E-state index in [2.05, 4.69) is 11.0 Å². The molecule has 1 aromatic carbocycles. The van der Waals surface area contributed by atoms with E-state index in [1.165, 1.54) is 31.2 Å². The molecular weight excluding hydrogens is 210 g/mol. The van der Waals surface area contributed by atoms with Gasteiger partial charge >= 0.3 is 0 Å². The maximum atomic E-state index is 12.3. The van der Waals surface area contributed by atoms with E-state index in [1.54, 1.807) is 0 Å². The number of fused-ring (bicyclic) bond motifs is 1. The first-order valence-electron chi connectivity index (χ1n) is 6.72. The summed E-state index contributed by atoms with van der Waals surface area (Å²) in [7, 11) is 0. The number of carbonyl (C=O) groups excluding carboxylic acids is 1. The molecule has 0 atom stereocenters. The van der Waals surface area contributed by atoms with Crippen molar-refractivity contribution >= 4 is 5.91 Å². The van der Waals surface area contributed by atoms with Gasteiger partial charge in [-0.25, -0.2) is 0 Å². The van der Waals surface area contributed by atoms with E-state index in [-0.39, 0.29) is 5.91 Å². The zero-order valence-corrected chi connectivity index (χ0v) is 10.2. The van der Waals surface area contributed by atoms with Gasteiger partial charge in [-0.15, -0.1) is 0 Å². The summed E-state index contributed by atoms with van der Waals surface area (Å²) >= 11 is 0. The van der Waals surface area contributed by atoms with E-state index < -0.39 is 0 Å². The second kappa shape index (κ2) is 4.52. The Morgan fingerprint density at radius 3 is 2.76 bits per heavy atom. The predicted molar refractivity (Wildman–Crippen MR) is 68.0 cm³/mol. The van der Waals surface area contributed by atoms with E-state index in [0.29, 0.717) is 0 Å². The van der Waals surface area contributed by atoms with Crippen LogP contribution in [0.5, 0.6) is 0 Å². The van der Waals surface area contributed by atoms with Crippen molar-refractivity contribution < 1.29 is 4.79 Å². The molecule has 1 amide bonds. The van der Waals surface area contributed by atoms with Crippen LogP contribution in [0.15, 0.2) is 24.3 Å². The first-order chi connectivity index (χ1) is 8.34. The van der Waals surface area contributed by atoms with Crippen LogP contribution in [0.25, 0.3) is 0 Å². The van der Waals surface area contributed by atoms with Crippen molar-refractivity contribution in [3.63, 3.8) is 0 Å². The predicted octanol–water partition coefficient (Wildman–Crippen LogP) is 2.88. The maximum Gasteiger partial charge on any atom is 0.254 e. The lowest BCUT2D eigenvalue weighted by molar-refractivity contribution is 0.0712. The Labute approximate surface area is 103 Å². The minimum atomic E-state index is 0.249. The Balaban J connectivity index is 1.74. The van der Waals surface area contributed by atoms with Gasteiger partial charge in [0.1, 0.15) is 0 Å². The molecule has 1 fully saturated rings. The Bertz CT molecular complexity index is 421. The highest BCUT2D eigenvalue weighted by molar-refractivity contribution is 5.96. The van der Waals surface area contributed by atoms with Gasteiger partial charge in [0.05, 0.1) is 0 Å². The highest BCUT2D eigenvalue weighted by Crippen LogP contribution is 2.27. The molecule has 1 aliphatic heterocycles. The van der Waals surface area contributed by atoms with Gasteiger partial charge in [0.2, 0.25) is 0 Å². The highest BCUT2D eigenvalue weighted by atomic mass is 16.2. The van der Waals surface area contributed by atoms with Crippen LogP contribution in [-0.2, 0) is 6.42 Å². The van der Waals surface area contributed by atoms with E-state index >= 15 is 0 Å². The lowest BCUT2D eigenvalue weighted by Gasteiger charge is -2.30. The van der Waals surface area contributed by atoms with Crippen molar-refractivity contribution in [1.82, 2.24) is 4.90 Å². The topological polar surface area (TPSA) is 20.3 Å². The van der Waals surface area contributed by atoms with Gasteiger partial charge in [0.25, 0.3) is 5.91 Å². The molecule has 0 saturated heterocycles. The number of carbonyl (C=O) groups is 1. The van der Waals surface area contributed by atoms with Gasteiger partial charge in [-0.1, -0.05) is 31.0 Å². The molecule has 0 radical (unpaired) electrons. The molecule has 0 aromatic heterocycles. The summed E-state index contributed by atoms with van der Waals surface area (Å²) in [4.78, 5) is 14.4. The van der Waals surface area contributed by atoms with Crippen molar-refractivity contribution in [2.24, 2.45) is 5.92 Å². The third-order valence-corrected chi connectivity index (χ3v) is 4.14. The third kappa shape index (κ3) is 2.08. The van der Waals surface area contributed by atoms with E-state index in [9.17, 15) is 4.79 Å². The Kier molecular flexibility index (Phi) is 2.87. The van der Waals surface area contributed by atoms with Gasteiger partial charge in [0.15, 0.2) is 0 Å². The van der Waals surface area contributed by atoms with E-state index in [1.807, 2.05) is 18.2 Å². The third-order valence-electron chi connectivity index (χ3n) is 4.14. The molecule has 1 aliphatic carbocycles. The Morgan fingerprint density at radius 1 is 1.18 bits per heavy atom. The molecule has 1 saturated carbocycles. The fraction of sp³-hybridized carbons (Fsp3) is 0.533. The molecule has 1 heterocycles. The second-order valence-corrected chi connectivity index (χ2v) is 5.31. The van der Waals surface area contributed by atoms with Crippen LogP contribution >= 0.6 is 0 Å². The fourth-order valence-corrected chi connectivity index (χ4v) is 3.15. The average Bonchev–Trinajstić information content (AvgIpc) is 2.86. The molecule has 0 spiro atoms. The summed E-state index contributed by atoms with van der Waals surface area (Å²) < 4.78 is 0. The Hall–Kier alpha value is -1.31. The molecule has 17 heavy (non-hydrogen) atoms. The molecule has 0 unspecified atom stereocenters. The standard InChI is InChI=1S/C15H19NO/c17-15-14-8-4-3-7-13(14)9-10-16(15)11-12-5-1-2-6-12/h3-4,7-8,12H,1-2,5-6,9-11H2. The van der Waals surface area contributed by atoms with Gasteiger partial charge in [-0.05, 0) is 36.8 Å². The summed E-state index contributed by atoms with van der Waals surface area (Å²) in [5.41, 5.74) is 2.15. The van der Waals surface area contributed by atoms with Crippen molar-refractivity contribution in [3.8, 4) is 0 Å². The van der Waals surface area contributed by atoms with Gasteiger partial charge in [-0.2, -0.15) is 0 Å². The Morgan fingerprint density at radius 2 is 1.94 bits per heavy atom. The number of amides is 1. The number of nitrogens with zero attached hydrogens (tertiary/aromatic N) is 1. The van der Waals surface area contributed by atoms with Crippen molar-refractivity contribution in [1.29, 1.82) is 0 Å². The van der Waals surface area contributed by atoms with Crippen LogP contribution in [0.2, 0.25) is 0 Å². The first-order valence-corrected chi connectivity index (χ1v) is 6.72. The van der Waals surface area contributed by atoms with Gasteiger partial charge in [0, 0.05) is 18.7 Å². The zero-order chi connectivity index (χ0) is 11.7. The summed E-state index contributed by atoms with van der Waals surface area (Å²) in [6.45, 7) is 1.89. The normalized spacial score (nSPS) is 20.7. The van der Waals surface area contributed by atoms with Crippen molar-refractivity contribution in [2.75, 3.05) is 13.1 Å². The lowest BCUT2D eigenvalue weighted by atomic mass is 9.97. The van der Waals surface area contributed by atoms with Crippen LogP contribution in [0.4, 0.5) is 0 Å². The number of rotatable bonds is 2. The minimum Gasteiger partial charge on any atom is -0.338 e. The second-order valence-electron chi connectivity index (χ2n) is 5.31. The summed E-state index contributed by atoms with van der Waals surface area (Å²) in [5.74, 6) is 1.00. The van der Waals surface area contributed by atoms with Crippen LogP contribution in [0.3, 0.4) is 0 Å². The molecular formula is C15H19NO. The number of hydrogen-bond donors (Lipinski definition) is 0. The van der Waals surface area contributed by atoms with Crippen LogP contribution < -0.4 is 0 Å². The summed E-state index contributed by atoms with van der Waals surface area (Å²) in [6, 6.07) is 8.05. The zero-order valence-electron chi connectivity index (χ0n) is 10.2. The van der Waals surface area contributed by atoms with E-state index in [4.69, 9.17) is 0 Å². The fourth-order valence-electron chi connectivity index (χ4n) is 3.15. The average molecular weight is 229 g/mol. The molecule has 0 N–H and O–H groups in total. The van der Waals surface area contributed by atoms with E-state index in [0.717, 1.165) is 31.0 Å². The largest absolute Gasteiger partial charge is 0.338 e. The first kappa shape index (κ1) is 10.8. The van der Waals surface area contributed by atoms with Crippen molar-refractivity contribution in [2.45, 2.75) is 32.1 Å². The molecule has 2 nitrogen and oxygen atoms in total. The smallest absolute Gasteiger partial charge is 0.254 e. The maximum absolute atomic E-state index is 12.3. The van der Waals surface area contributed by atoms with Crippen molar-refractivity contribution in [3.05, 3.63) is 35.4 Å². The lowest BCUT2D eigenvalue weighted by Crippen LogP contribution is -2.40. The summed E-state index contributed by atoms with van der Waals surface area (Å²) in [6.07, 6.45) is 6.35. The van der Waals surface area contributed by atoms with Gasteiger partial charge in [-0.3, -0.25) is 4.79 Å². The highest BCUT2D eigenvalue weighted by Gasteiger charge is 2.26. The quantitative estimate of drug-likeness (QED) is 0.763. The minimum absolute atomic E-state index is 0.249. The molecule has 2 heteroatoms. The molecule has 3 rings (SSSR count). The molecule has 1 aromatic rings. The van der Waals surface area contributed by atoms with Gasteiger partial charge < -0.3 is 4.90 Å². The molecule has 2 aliphatic rings. The number of hydrogen-bond acceptors (Lipinski definition) is 1. The molecule has 0 bridgehead atoms. The monoisotopic (exact) mass is 229 g/mol. The van der Waals surface area contributed by atoms with Crippen LogP contribution in [0, 0.1) is 5.92 Å². The van der Waals surface area contributed by atoms with Crippen LogP contribution in [-0.4, -0.2) is 23.9 Å². The summed E-state index contributed by atoms with van der Waals surface area (Å²) in [5, 5.41) is 0. The molecule has 90 valence electrons. The number of benzene rings is 1. The SMILES string of the molecule is O=C1c2ccccc2CCN1CC1CCCC1. The van der Waals surface area contributed by atoms with Crippen LogP contribution in [0.1, 0.15) is 41.6 Å².